The van der Waals surface area contributed by atoms with Gasteiger partial charge in [-0.15, -0.1) is 0 Å². The van der Waals surface area contributed by atoms with Crippen molar-refractivity contribution in [1.29, 1.82) is 1.43 Å². The minimum Gasteiger partial charge on any atom is -0.497 e. The van der Waals surface area contributed by atoms with Gasteiger partial charge in [0.15, 0.2) is 0 Å². The largest absolute Gasteiger partial charge is 0.497 e. The third kappa shape index (κ3) is 3.10. The van der Waals surface area contributed by atoms with Crippen molar-refractivity contribution in [1.82, 2.24) is 4.90 Å². The molecule has 1 N–H and O–H groups in total. The first kappa shape index (κ1) is 5.74. The highest BCUT2D eigenvalue weighted by atomic mass is 16.5. The summed E-state index contributed by atoms with van der Waals surface area (Å²) in [6.45, 7) is -9.77. The fourth-order valence-corrected chi connectivity index (χ4v) is 2.38. The molecule has 1 saturated carbocycles. The van der Waals surface area contributed by atoms with Crippen molar-refractivity contribution in [3.63, 3.8) is 0 Å². The van der Waals surface area contributed by atoms with E-state index in [1.807, 2.05) is 0 Å². The highest BCUT2D eigenvalue weighted by molar-refractivity contribution is 5.33. The summed E-state index contributed by atoms with van der Waals surface area (Å²) in [5, 5.41) is 4.94. The molecule has 0 unspecified atom stereocenters. The fraction of sp³-hybridized carbons (Fsp3) is 0.625. The van der Waals surface area contributed by atoms with Gasteiger partial charge in [0.1, 0.15) is 5.75 Å². The molecule has 2 rings (SSSR count). The fourth-order valence-electron chi connectivity index (χ4n) is 2.38. The van der Waals surface area contributed by atoms with E-state index in [0.717, 1.165) is 0 Å². The third-order valence-electron chi connectivity index (χ3n) is 3.33. The van der Waals surface area contributed by atoms with Crippen molar-refractivity contribution < 1.29 is 23.6 Å². The molecule has 106 valence electrons. The van der Waals surface area contributed by atoms with Gasteiger partial charge in [0, 0.05) is 26.1 Å². The predicted molar refractivity (Wildman–Crippen MR) is 77.4 cm³/mol. The van der Waals surface area contributed by atoms with Crippen LogP contribution in [0.15, 0.2) is 24.3 Å². The van der Waals surface area contributed by atoms with Gasteiger partial charge in [-0.3, -0.25) is 0 Å². The Morgan fingerprint density at radius 2 is 2.53 bits per heavy atom. The van der Waals surface area contributed by atoms with Crippen LogP contribution >= 0.6 is 0 Å². The van der Waals surface area contributed by atoms with Crippen molar-refractivity contribution in [2.75, 3.05) is 27.6 Å². The van der Waals surface area contributed by atoms with Gasteiger partial charge < -0.3 is 14.7 Å². The number of rotatable bonds is 5. The lowest BCUT2D eigenvalue weighted by molar-refractivity contribution is -0.0619. The van der Waals surface area contributed by atoms with Crippen LogP contribution in [0.4, 0.5) is 0 Å². The minimum absolute atomic E-state index is 0.0615. The number of hydrogen-bond acceptors (Lipinski definition) is 3. The van der Waals surface area contributed by atoms with E-state index in [1.165, 1.54) is 25.3 Å². The van der Waals surface area contributed by atoms with E-state index in [1.54, 1.807) is 6.07 Å². The first-order chi connectivity index (χ1) is 13.6. The van der Waals surface area contributed by atoms with Crippen LogP contribution in [0.25, 0.3) is 0 Å². The van der Waals surface area contributed by atoms with E-state index in [-0.39, 0.29) is 29.7 Å². The third-order valence-corrected chi connectivity index (χ3v) is 3.33. The summed E-state index contributed by atoms with van der Waals surface area (Å²) in [7, 11) is 1.38. The average molecular weight is 274 g/mol. The van der Waals surface area contributed by atoms with Crippen LogP contribution < -0.4 is 4.74 Å². The van der Waals surface area contributed by atoms with Gasteiger partial charge in [-0.2, -0.15) is 0 Å². The maximum Gasteiger partial charge on any atom is 0.211 e. The molecule has 3 heteroatoms. The molecule has 0 bridgehead atoms. The number of aliphatic hydroxyl groups is 1. The number of hydrogen-bond donors (Lipinski definition) is 1. The maximum atomic E-state index is 8.58. The summed E-state index contributed by atoms with van der Waals surface area (Å²) in [6.07, 6.45) is -2.32. The lowest BCUT2D eigenvalue weighted by Crippen LogP contribution is -2.43. The number of nitrogens with zero attached hydrogens (tertiary/aromatic N) is 1. The van der Waals surface area contributed by atoms with Crippen LogP contribution in [-0.2, 0) is 5.60 Å². The summed E-state index contributed by atoms with van der Waals surface area (Å²) in [6, 6.07) is 5.89. The Labute approximate surface area is 131 Å². The standard InChI is InChI=1S/C16H25NO2/c1-17(2)12-14-7-4-5-10-16(14,18)13-8-6-9-15(11-13)19-3/h6,8-9,11,14,18H,4-5,7,10,12H2,1-3H3/t14-,16+/m0/s1/i1D3,2D3,10D2,12D2,18D. The smallest absolute Gasteiger partial charge is 0.211 e. The van der Waals surface area contributed by atoms with E-state index in [4.69, 9.17) is 25.0 Å². The first-order valence-corrected chi connectivity index (χ1v) is 6.15. The normalized spacial score (nSPS) is 40.7. The van der Waals surface area contributed by atoms with Gasteiger partial charge in [0.25, 0.3) is 0 Å². The molecule has 19 heavy (non-hydrogen) atoms. The van der Waals surface area contributed by atoms with Crippen molar-refractivity contribution in [2.24, 2.45) is 5.92 Å². The summed E-state index contributed by atoms with van der Waals surface area (Å²) in [4.78, 5) is -0.201. The Bertz CT molecular complexity index is 735. The molecule has 1 fully saturated rings. The van der Waals surface area contributed by atoms with Crippen molar-refractivity contribution in [3.8, 4) is 5.75 Å². The highest BCUT2D eigenvalue weighted by Gasteiger charge is 2.40. The molecule has 0 aromatic heterocycles. The van der Waals surface area contributed by atoms with Crippen LogP contribution in [0.2, 0.25) is 0 Å². The van der Waals surface area contributed by atoms with E-state index in [0.29, 0.717) is 5.75 Å². The lowest BCUT2D eigenvalue weighted by atomic mass is 9.71. The Morgan fingerprint density at radius 3 is 3.26 bits per heavy atom. The summed E-state index contributed by atoms with van der Waals surface area (Å²) in [5.74, 6) is -1.33. The summed E-state index contributed by atoms with van der Waals surface area (Å²) < 4.78 is 93.0. The number of methoxy groups -OCH3 is 1. The summed E-state index contributed by atoms with van der Waals surface area (Å²) in [5.41, 5.74) is -2.22. The van der Waals surface area contributed by atoms with E-state index in [9.17, 15) is 0 Å². The van der Waals surface area contributed by atoms with Crippen LogP contribution in [0.5, 0.6) is 5.75 Å². The quantitative estimate of drug-likeness (QED) is 0.896. The Balaban J connectivity index is 2.79. The van der Waals surface area contributed by atoms with Gasteiger partial charge in [-0.25, -0.2) is 0 Å². The molecule has 0 aliphatic heterocycles. The zero-order valence-electron chi connectivity index (χ0n) is 21.8. The van der Waals surface area contributed by atoms with Gasteiger partial charge in [0.05, 0.1) is 12.7 Å². The molecule has 0 amide bonds. The second kappa shape index (κ2) is 5.93. The maximum absolute atomic E-state index is 8.58. The molecule has 1 aromatic carbocycles. The Morgan fingerprint density at radius 1 is 1.63 bits per heavy atom. The lowest BCUT2D eigenvalue weighted by Gasteiger charge is -2.41. The molecule has 0 spiro atoms. The molecule has 0 radical (unpaired) electrons. The zero-order chi connectivity index (χ0) is 23.2. The van der Waals surface area contributed by atoms with Crippen LogP contribution in [0.3, 0.4) is 0 Å². The predicted octanol–water partition coefficient (Wildman–Crippen LogP) is 2.63. The molecule has 3 nitrogen and oxygen atoms in total. The van der Waals surface area contributed by atoms with Crippen molar-refractivity contribution in [3.05, 3.63) is 29.8 Å². The monoisotopic (exact) mass is 274 g/mol. The Hall–Kier alpha value is -1.06. The summed E-state index contributed by atoms with van der Waals surface area (Å²) >= 11 is 0. The molecular formula is C16H25NO2. The molecule has 1 aliphatic carbocycles. The Kier molecular flexibility index (Phi) is 1.79. The number of benzene rings is 1. The molecule has 1 aromatic rings. The second-order valence-electron chi connectivity index (χ2n) is 4.55. The van der Waals surface area contributed by atoms with E-state index < -0.39 is 38.3 Å². The zero-order valence-corrected chi connectivity index (χ0v) is 10.8. The van der Waals surface area contributed by atoms with Crippen LogP contribution in [-0.4, -0.2) is 39.0 Å². The van der Waals surface area contributed by atoms with Crippen molar-refractivity contribution >= 4 is 0 Å². The molecule has 0 saturated heterocycles. The SMILES string of the molecule is [2H]O[C@]1(c2cccc(OC)c2)[C@H](C([2H])([2H])N(C([2H])([2H])[2H])C([2H])([2H])[2H])CCCC1([2H])[2H]. The van der Waals surface area contributed by atoms with Gasteiger partial charge in [0.2, 0.25) is 1.43 Å². The van der Waals surface area contributed by atoms with E-state index in [2.05, 4.69) is 0 Å². The average Bonchev–Trinajstić information content (AvgIpc) is 2.58. The molecule has 0 heterocycles. The second-order valence-corrected chi connectivity index (χ2v) is 4.55. The van der Waals surface area contributed by atoms with Crippen LogP contribution in [0, 0.1) is 5.92 Å². The van der Waals surface area contributed by atoms with Crippen molar-refractivity contribution in [2.45, 2.75) is 31.2 Å². The molecule has 1 aliphatic rings. The first-order valence-electron chi connectivity index (χ1n) is 11.6. The molecule has 2 atom stereocenters. The highest BCUT2D eigenvalue weighted by Crippen LogP contribution is 2.42. The van der Waals surface area contributed by atoms with Gasteiger partial charge >= 0.3 is 0 Å². The molecular weight excluding hydrogens is 238 g/mol. The topological polar surface area (TPSA) is 32.7 Å². The van der Waals surface area contributed by atoms with E-state index >= 15 is 0 Å². The van der Waals surface area contributed by atoms with Gasteiger partial charge in [-0.1, -0.05) is 25.0 Å². The minimum atomic E-state index is -3.35. The van der Waals surface area contributed by atoms with Gasteiger partial charge in [-0.05, 0) is 44.4 Å². The number of ether oxygens (including phenoxy) is 1. The van der Waals surface area contributed by atoms with Crippen LogP contribution in [0.1, 0.15) is 44.9 Å².